The number of alkyl halides is 1. The van der Waals surface area contributed by atoms with E-state index in [1.54, 1.807) is 0 Å². The molecule has 0 saturated carbocycles. The third-order valence-corrected chi connectivity index (χ3v) is 2.36. The van der Waals surface area contributed by atoms with E-state index in [1.165, 1.54) is 0 Å². The Morgan fingerprint density at radius 1 is 1.55 bits per heavy atom. The van der Waals surface area contributed by atoms with E-state index in [0.717, 1.165) is 4.43 Å². The van der Waals surface area contributed by atoms with Gasteiger partial charge in [0.15, 0.2) is 0 Å². The smallest absolute Gasteiger partial charge is 0.309 e. The van der Waals surface area contributed by atoms with Crippen LogP contribution in [0.2, 0.25) is 0 Å². The van der Waals surface area contributed by atoms with Crippen molar-refractivity contribution >= 4 is 28.6 Å². The highest BCUT2D eigenvalue weighted by molar-refractivity contribution is 14.1. The van der Waals surface area contributed by atoms with E-state index in [1.807, 2.05) is 27.7 Å². The minimum atomic E-state index is -0.350. The van der Waals surface area contributed by atoms with Crippen LogP contribution in [0, 0.1) is 5.92 Å². The van der Waals surface area contributed by atoms with Crippen molar-refractivity contribution in [3.63, 3.8) is 0 Å². The molecule has 0 radical (unpaired) electrons. The van der Waals surface area contributed by atoms with E-state index in [2.05, 4.69) is 22.6 Å². The lowest BCUT2D eigenvalue weighted by molar-refractivity contribution is -0.158. The monoisotopic (exact) mass is 270 g/mol. The SMILES string of the molecule is CC(CI)C(=O)OC(C)(C)C. The molecule has 1 unspecified atom stereocenters. The highest BCUT2D eigenvalue weighted by Gasteiger charge is 2.20. The fraction of sp³-hybridized carbons (Fsp3) is 0.875. The van der Waals surface area contributed by atoms with E-state index in [4.69, 9.17) is 4.74 Å². The van der Waals surface area contributed by atoms with Crippen molar-refractivity contribution in [2.45, 2.75) is 33.3 Å². The fourth-order valence-corrected chi connectivity index (χ4v) is 0.825. The Labute approximate surface area is 81.8 Å². The molecule has 0 aromatic heterocycles. The van der Waals surface area contributed by atoms with Gasteiger partial charge in [-0.2, -0.15) is 0 Å². The van der Waals surface area contributed by atoms with E-state index >= 15 is 0 Å². The van der Waals surface area contributed by atoms with Gasteiger partial charge in [-0.25, -0.2) is 0 Å². The van der Waals surface area contributed by atoms with Crippen LogP contribution in [0.5, 0.6) is 0 Å². The van der Waals surface area contributed by atoms with Gasteiger partial charge in [0.1, 0.15) is 5.60 Å². The molecule has 0 rings (SSSR count). The second-order valence-corrected chi connectivity index (χ2v) is 4.47. The number of hydrogen-bond donors (Lipinski definition) is 0. The maximum atomic E-state index is 11.2. The molecule has 0 heterocycles. The molecule has 0 aliphatic carbocycles. The van der Waals surface area contributed by atoms with Gasteiger partial charge in [0.2, 0.25) is 0 Å². The molecule has 0 bridgehead atoms. The quantitative estimate of drug-likeness (QED) is 0.437. The molecule has 1 atom stereocenters. The Balaban J connectivity index is 3.88. The molecule has 0 N–H and O–H groups in total. The van der Waals surface area contributed by atoms with Gasteiger partial charge in [-0.15, -0.1) is 0 Å². The summed E-state index contributed by atoms with van der Waals surface area (Å²) < 4.78 is 5.96. The Kier molecular flexibility index (Phi) is 4.36. The second kappa shape index (κ2) is 4.28. The first kappa shape index (κ1) is 11.2. The van der Waals surface area contributed by atoms with Crippen LogP contribution in [0.15, 0.2) is 0 Å². The zero-order valence-corrected chi connectivity index (χ0v) is 9.64. The van der Waals surface area contributed by atoms with Crippen LogP contribution in [0.1, 0.15) is 27.7 Å². The number of carbonyl (C=O) groups excluding carboxylic acids is 1. The van der Waals surface area contributed by atoms with Crippen molar-refractivity contribution < 1.29 is 9.53 Å². The van der Waals surface area contributed by atoms with Crippen molar-refractivity contribution in [2.24, 2.45) is 5.92 Å². The molecule has 3 heteroatoms. The van der Waals surface area contributed by atoms with Gasteiger partial charge in [0.25, 0.3) is 0 Å². The summed E-state index contributed by atoms with van der Waals surface area (Å²) in [4.78, 5) is 11.2. The summed E-state index contributed by atoms with van der Waals surface area (Å²) in [5, 5.41) is 0. The van der Waals surface area contributed by atoms with Crippen LogP contribution >= 0.6 is 22.6 Å². The lowest BCUT2D eigenvalue weighted by Gasteiger charge is -2.21. The Hall–Kier alpha value is 0.200. The molecule has 0 aliphatic heterocycles. The van der Waals surface area contributed by atoms with Gasteiger partial charge in [-0.05, 0) is 20.8 Å². The van der Waals surface area contributed by atoms with Crippen LogP contribution in [0.4, 0.5) is 0 Å². The average Bonchev–Trinajstić information content (AvgIpc) is 1.82. The highest BCUT2D eigenvalue weighted by atomic mass is 127. The van der Waals surface area contributed by atoms with Crippen LogP contribution in [0.3, 0.4) is 0 Å². The molecule has 0 aromatic carbocycles. The van der Waals surface area contributed by atoms with Crippen molar-refractivity contribution in [1.29, 1.82) is 0 Å². The predicted octanol–water partition coefficient (Wildman–Crippen LogP) is 2.40. The first-order valence-corrected chi connectivity index (χ1v) is 5.18. The van der Waals surface area contributed by atoms with Gasteiger partial charge in [0.05, 0.1) is 5.92 Å². The standard InChI is InChI=1S/C8H15IO2/c1-6(5-9)7(10)11-8(2,3)4/h6H,5H2,1-4H3. The maximum absolute atomic E-state index is 11.2. The third kappa shape index (κ3) is 5.47. The molecule has 0 amide bonds. The van der Waals surface area contributed by atoms with Gasteiger partial charge in [-0.1, -0.05) is 29.5 Å². The highest BCUT2D eigenvalue weighted by Crippen LogP contribution is 2.12. The largest absolute Gasteiger partial charge is 0.460 e. The Morgan fingerprint density at radius 3 is 2.27 bits per heavy atom. The summed E-state index contributed by atoms with van der Waals surface area (Å²) in [7, 11) is 0. The zero-order valence-electron chi connectivity index (χ0n) is 7.48. The molecule has 0 aromatic rings. The molecule has 0 fully saturated rings. The van der Waals surface area contributed by atoms with Gasteiger partial charge >= 0.3 is 5.97 Å². The number of ether oxygens (including phenoxy) is 1. The molecule has 0 aliphatic rings. The van der Waals surface area contributed by atoms with E-state index in [-0.39, 0.29) is 17.5 Å². The number of carbonyl (C=O) groups is 1. The van der Waals surface area contributed by atoms with Crippen molar-refractivity contribution in [3.05, 3.63) is 0 Å². The summed E-state index contributed by atoms with van der Waals surface area (Å²) in [6.07, 6.45) is 0. The van der Waals surface area contributed by atoms with E-state index < -0.39 is 0 Å². The number of esters is 1. The normalized spacial score (nSPS) is 14.3. The Morgan fingerprint density at radius 2 is 2.00 bits per heavy atom. The maximum Gasteiger partial charge on any atom is 0.309 e. The van der Waals surface area contributed by atoms with Crippen LogP contribution in [-0.2, 0) is 9.53 Å². The van der Waals surface area contributed by atoms with E-state index in [0.29, 0.717) is 0 Å². The lowest BCUT2D eigenvalue weighted by atomic mass is 10.1. The number of halogens is 1. The zero-order chi connectivity index (χ0) is 9.07. The van der Waals surface area contributed by atoms with Crippen molar-refractivity contribution in [2.75, 3.05) is 4.43 Å². The predicted molar refractivity (Wildman–Crippen MR) is 53.9 cm³/mol. The van der Waals surface area contributed by atoms with E-state index in [9.17, 15) is 4.79 Å². The molecular formula is C8H15IO2. The number of rotatable bonds is 2. The number of hydrogen-bond acceptors (Lipinski definition) is 2. The molecule has 11 heavy (non-hydrogen) atoms. The van der Waals surface area contributed by atoms with Gasteiger partial charge < -0.3 is 4.74 Å². The summed E-state index contributed by atoms with van der Waals surface area (Å²) in [6, 6.07) is 0. The molecular weight excluding hydrogens is 255 g/mol. The van der Waals surface area contributed by atoms with Crippen molar-refractivity contribution in [3.8, 4) is 0 Å². The second-order valence-electron chi connectivity index (χ2n) is 3.59. The van der Waals surface area contributed by atoms with Crippen LogP contribution < -0.4 is 0 Å². The van der Waals surface area contributed by atoms with Crippen molar-refractivity contribution in [1.82, 2.24) is 0 Å². The molecule has 66 valence electrons. The minimum absolute atomic E-state index is 0.00910. The fourth-order valence-electron chi connectivity index (χ4n) is 0.465. The lowest BCUT2D eigenvalue weighted by Crippen LogP contribution is -2.28. The summed E-state index contributed by atoms with van der Waals surface area (Å²) in [5.41, 5.74) is -0.350. The van der Waals surface area contributed by atoms with Gasteiger partial charge in [0, 0.05) is 4.43 Å². The Bertz CT molecular complexity index is 138. The van der Waals surface area contributed by atoms with Crippen LogP contribution in [-0.4, -0.2) is 16.0 Å². The summed E-state index contributed by atoms with van der Waals surface area (Å²) in [5.74, 6) is -0.0956. The molecule has 0 spiro atoms. The average molecular weight is 270 g/mol. The first-order chi connectivity index (χ1) is 4.87. The topological polar surface area (TPSA) is 26.3 Å². The minimum Gasteiger partial charge on any atom is -0.460 e. The van der Waals surface area contributed by atoms with Gasteiger partial charge in [-0.3, -0.25) is 4.79 Å². The molecule has 0 saturated heterocycles. The molecule has 2 nitrogen and oxygen atoms in total. The van der Waals surface area contributed by atoms with Crippen LogP contribution in [0.25, 0.3) is 0 Å². The summed E-state index contributed by atoms with van der Waals surface area (Å²) in [6.45, 7) is 7.51. The first-order valence-electron chi connectivity index (χ1n) is 3.65. The summed E-state index contributed by atoms with van der Waals surface area (Å²) >= 11 is 2.18. The third-order valence-electron chi connectivity index (χ3n) is 1.04.